The Labute approximate surface area is 273 Å². The zero-order chi connectivity index (χ0) is 31.3. The lowest BCUT2D eigenvalue weighted by Gasteiger charge is -2.19. The fraction of sp³-hybridized carbons (Fsp3) is 0. The van der Waals surface area contributed by atoms with Gasteiger partial charge in [-0.3, -0.25) is 0 Å². The highest BCUT2D eigenvalue weighted by atomic mass is 15.0. The van der Waals surface area contributed by atoms with Crippen LogP contribution in [-0.2, 0) is 0 Å². The highest BCUT2D eigenvalue weighted by Gasteiger charge is 2.20. The third-order valence-electron chi connectivity index (χ3n) is 9.40. The average molecular weight is 597 g/mol. The van der Waals surface area contributed by atoms with Crippen molar-refractivity contribution in [2.75, 3.05) is 0 Å². The molecule has 9 aromatic rings. The van der Waals surface area contributed by atoms with Gasteiger partial charge in [0.25, 0.3) is 0 Å². The van der Waals surface area contributed by atoms with Crippen molar-refractivity contribution in [2.24, 2.45) is 0 Å². The maximum absolute atomic E-state index is 8.24. The summed E-state index contributed by atoms with van der Waals surface area (Å²) in [5, 5.41) is 7.28. The molecule has 8 aromatic carbocycles. The van der Waals surface area contributed by atoms with Crippen LogP contribution >= 0.6 is 0 Å². The van der Waals surface area contributed by atoms with Crippen LogP contribution in [0.5, 0.6) is 0 Å². The molecule has 1 heterocycles. The Balaban J connectivity index is 1.34. The van der Waals surface area contributed by atoms with Crippen LogP contribution in [0.3, 0.4) is 0 Å². The summed E-state index contributed by atoms with van der Waals surface area (Å²) in [7, 11) is 0. The molecule has 2 nitrogen and oxygen atoms in total. The van der Waals surface area contributed by atoms with E-state index in [4.69, 9.17) is 6.57 Å². The summed E-state index contributed by atoms with van der Waals surface area (Å²) < 4.78 is 2.32. The highest BCUT2D eigenvalue weighted by molar-refractivity contribution is 6.21. The molecule has 47 heavy (non-hydrogen) atoms. The summed E-state index contributed by atoms with van der Waals surface area (Å²) in [5.41, 5.74) is 10.6. The van der Waals surface area contributed by atoms with E-state index in [1.807, 2.05) is 12.1 Å². The Morgan fingerprint density at radius 3 is 1.34 bits per heavy atom. The predicted octanol–water partition coefficient (Wildman–Crippen LogP) is 12.6. The van der Waals surface area contributed by atoms with Crippen molar-refractivity contribution in [1.29, 1.82) is 0 Å². The fourth-order valence-electron chi connectivity index (χ4n) is 7.47. The lowest BCUT2D eigenvalue weighted by molar-refractivity contribution is 1.18. The number of aromatic nitrogens is 1. The minimum Gasteiger partial charge on any atom is -0.310 e. The lowest BCUT2D eigenvalue weighted by Crippen LogP contribution is -1.97. The van der Waals surface area contributed by atoms with Crippen molar-refractivity contribution in [3.63, 3.8) is 0 Å². The number of nitrogens with zero attached hydrogens (tertiary/aromatic N) is 2. The number of benzene rings is 8. The normalized spacial score (nSPS) is 11.4. The van der Waals surface area contributed by atoms with Gasteiger partial charge >= 0.3 is 0 Å². The molecule has 1 aromatic heterocycles. The van der Waals surface area contributed by atoms with Crippen molar-refractivity contribution >= 4 is 49.0 Å². The molecule has 0 unspecified atom stereocenters. The molecular weight excluding hydrogens is 569 g/mol. The van der Waals surface area contributed by atoms with E-state index in [-0.39, 0.29) is 0 Å². The summed E-state index contributed by atoms with van der Waals surface area (Å²) in [6.07, 6.45) is 0. The third kappa shape index (κ3) is 4.18. The van der Waals surface area contributed by atoms with Crippen LogP contribution in [0.25, 0.3) is 87.3 Å². The summed E-state index contributed by atoms with van der Waals surface area (Å²) in [6.45, 7) is 8.24. The molecule has 0 spiro atoms. The van der Waals surface area contributed by atoms with Crippen LogP contribution in [-0.4, -0.2) is 4.57 Å². The molecule has 0 atom stereocenters. The van der Waals surface area contributed by atoms with E-state index >= 15 is 0 Å². The number of hydrogen-bond donors (Lipinski definition) is 0. The Morgan fingerprint density at radius 1 is 0.362 bits per heavy atom. The molecular formula is C45H28N2. The van der Waals surface area contributed by atoms with Gasteiger partial charge in [0.05, 0.1) is 17.6 Å². The van der Waals surface area contributed by atoms with E-state index in [1.165, 1.54) is 49.0 Å². The summed E-state index contributed by atoms with van der Waals surface area (Å²) in [6, 6.07) is 60.1. The van der Waals surface area contributed by atoms with Gasteiger partial charge in [-0.25, -0.2) is 4.85 Å². The number of fused-ring (bicyclic) bond motifs is 5. The van der Waals surface area contributed by atoms with Crippen LogP contribution < -0.4 is 0 Å². The number of para-hydroxylation sites is 2. The van der Waals surface area contributed by atoms with Crippen LogP contribution in [0.1, 0.15) is 0 Å². The first-order valence-electron chi connectivity index (χ1n) is 15.9. The fourth-order valence-corrected chi connectivity index (χ4v) is 7.47. The van der Waals surface area contributed by atoms with Gasteiger partial charge in [-0.05, 0) is 73.6 Å². The second kappa shape index (κ2) is 10.9. The van der Waals surface area contributed by atoms with E-state index in [2.05, 4.69) is 167 Å². The predicted molar refractivity (Wildman–Crippen MR) is 198 cm³/mol. The number of rotatable bonds is 4. The Kier molecular flexibility index (Phi) is 6.23. The zero-order valence-corrected chi connectivity index (χ0v) is 25.6. The smallest absolute Gasteiger partial charge is 0.196 e. The van der Waals surface area contributed by atoms with Crippen LogP contribution in [0, 0.1) is 6.57 Å². The van der Waals surface area contributed by atoms with Gasteiger partial charge < -0.3 is 4.57 Å². The maximum atomic E-state index is 8.24. The second-order valence-corrected chi connectivity index (χ2v) is 11.9. The molecule has 0 aliphatic heterocycles. The van der Waals surface area contributed by atoms with Gasteiger partial charge in [-0.1, -0.05) is 146 Å². The quantitative estimate of drug-likeness (QED) is 0.141. The molecule has 0 saturated heterocycles. The van der Waals surface area contributed by atoms with Crippen LogP contribution in [0.2, 0.25) is 0 Å². The van der Waals surface area contributed by atoms with Gasteiger partial charge in [-0.2, -0.15) is 0 Å². The molecule has 0 aliphatic rings. The molecule has 0 saturated carbocycles. The monoisotopic (exact) mass is 596 g/mol. The van der Waals surface area contributed by atoms with Crippen molar-refractivity contribution in [3.8, 4) is 39.1 Å². The first-order chi connectivity index (χ1) is 23.3. The van der Waals surface area contributed by atoms with Gasteiger partial charge in [0.2, 0.25) is 0 Å². The van der Waals surface area contributed by atoms with Crippen molar-refractivity contribution in [2.45, 2.75) is 0 Å². The van der Waals surface area contributed by atoms with Gasteiger partial charge in [0.1, 0.15) is 0 Å². The topological polar surface area (TPSA) is 9.29 Å². The summed E-state index contributed by atoms with van der Waals surface area (Å²) in [5.74, 6) is 0. The lowest BCUT2D eigenvalue weighted by atomic mass is 9.85. The number of hydrogen-bond acceptors (Lipinski definition) is 0. The van der Waals surface area contributed by atoms with Crippen molar-refractivity contribution in [1.82, 2.24) is 4.57 Å². The first kappa shape index (κ1) is 26.9. The minimum absolute atomic E-state index is 0.635. The molecule has 0 radical (unpaired) electrons. The van der Waals surface area contributed by atoms with E-state index in [9.17, 15) is 0 Å². The summed E-state index contributed by atoms with van der Waals surface area (Å²) in [4.78, 5) is 4.06. The molecule has 0 aliphatic carbocycles. The van der Waals surface area contributed by atoms with E-state index in [1.54, 1.807) is 0 Å². The van der Waals surface area contributed by atoms with E-state index < -0.39 is 0 Å². The highest BCUT2D eigenvalue weighted by Crippen LogP contribution is 2.46. The Morgan fingerprint density at radius 2 is 0.787 bits per heavy atom. The third-order valence-corrected chi connectivity index (χ3v) is 9.40. The second-order valence-electron chi connectivity index (χ2n) is 11.9. The SMILES string of the molecule is [C-]#[N+]c1cccc(-n2c3ccccc3c3ccccc32)c1-c1cccc(-c2c3ccccc3c(-c3ccccc3)c3ccccc23)c1. The maximum Gasteiger partial charge on any atom is 0.196 e. The van der Waals surface area contributed by atoms with Crippen LogP contribution in [0.4, 0.5) is 5.69 Å². The van der Waals surface area contributed by atoms with Gasteiger partial charge in [-0.15, -0.1) is 0 Å². The van der Waals surface area contributed by atoms with E-state index in [0.29, 0.717) is 5.69 Å². The largest absolute Gasteiger partial charge is 0.310 e. The van der Waals surface area contributed by atoms with Crippen molar-refractivity contribution < 1.29 is 0 Å². The zero-order valence-electron chi connectivity index (χ0n) is 25.6. The standard InChI is InChI=1S/C45H28N2/c1-46-39-25-14-28-42(47-40-26-11-9-19-33(40)34-20-10-12-27-41(34)47)45(39)32-18-13-17-31(29-32)44-37-23-7-5-21-35(37)43(30-15-3-2-4-16-30)36-22-6-8-24-38(36)44/h2-29H. The molecule has 2 heteroatoms. The van der Waals surface area contributed by atoms with E-state index in [0.717, 1.165) is 33.4 Å². The Hall–Kier alpha value is -6.43. The molecule has 9 rings (SSSR count). The van der Waals surface area contributed by atoms with Gasteiger partial charge in [0.15, 0.2) is 5.69 Å². The van der Waals surface area contributed by atoms with Gasteiger partial charge in [0, 0.05) is 22.0 Å². The Bertz CT molecular complexity index is 2580. The molecule has 0 bridgehead atoms. The first-order valence-corrected chi connectivity index (χ1v) is 15.9. The molecule has 0 fully saturated rings. The minimum atomic E-state index is 0.635. The molecule has 218 valence electrons. The molecule has 0 amide bonds. The van der Waals surface area contributed by atoms with Crippen molar-refractivity contribution in [3.05, 3.63) is 181 Å². The average Bonchev–Trinajstić information content (AvgIpc) is 3.48. The summed E-state index contributed by atoms with van der Waals surface area (Å²) >= 11 is 0. The van der Waals surface area contributed by atoms with Crippen LogP contribution in [0.15, 0.2) is 170 Å². The molecule has 0 N–H and O–H groups in total.